The van der Waals surface area contributed by atoms with Gasteiger partial charge >= 0.3 is 0 Å². The number of hydrogen-bond donors (Lipinski definition) is 2. The highest BCUT2D eigenvalue weighted by atomic mass is 35.5. The highest BCUT2D eigenvalue weighted by Crippen LogP contribution is 2.19. The van der Waals surface area contributed by atoms with Gasteiger partial charge in [0, 0.05) is 13.1 Å². The summed E-state index contributed by atoms with van der Waals surface area (Å²) in [4.78, 5) is 17.9. The van der Waals surface area contributed by atoms with E-state index in [1.165, 1.54) is 17.2 Å². The van der Waals surface area contributed by atoms with Crippen molar-refractivity contribution < 1.29 is 9.90 Å². The van der Waals surface area contributed by atoms with E-state index in [9.17, 15) is 4.79 Å². The lowest BCUT2D eigenvalue weighted by molar-refractivity contribution is 0.0707. The van der Waals surface area contributed by atoms with Gasteiger partial charge in [0.1, 0.15) is 5.15 Å². The molecule has 110 valence electrons. The summed E-state index contributed by atoms with van der Waals surface area (Å²) >= 11 is 5.96. The third kappa shape index (κ3) is 3.93. The van der Waals surface area contributed by atoms with Crippen molar-refractivity contribution in [2.75, 3.05) is 18.9 Å². The van der Waals surface area contributed by atoms with E-state index < -0.39 is 0 Å². The Morgan fingerprint density at radius 1 is 1.33 bits per heavy atom. The molecule has 0 radical (unpaired) electrons. The Hall–Kier alpha value is -2.11. The highest BCUT2D eigenvalue weighted by molar-refractivity contribution is 6.32. The molecule has 0 spiro atoms. The number of nitrogens with two attached hydrogens (primary N) is 1. The highest BCUT2D eigenvalue weighted by Gasteiger charge is 2.19. The molecule has 1 aromatic carbocycles. The van der Waals surface area contributed by atoms with Crippen LogP contribution in [0.4, 0.5) is 5.69 Å². The minimum Gasteiger partial charge on any atom is -0.397 e. The summed E-state index contributed by atoms with van der Waals surface area (Å²) in [5, 5.41) is 9.27. The minimum atomic E-state index is -0.308. The van der Waals surface area contributed by atoms with Crippen LogP contribution in [0.3, 0.4) is 0 Å². The second kappa shape index (κ2) is 7.06. The minimum absolute atomic E-state index is 0.102. The summed E-state index contributed by atoms with van der Waals surface area (Å²) < 4.78 is 0. The Morgan fingerprint density at radius 2 is 2.05 bits per heavy atom. The lowest BCUT2D eigenvalue weighted by Gasteiger charge is -2.22. The van der Waals surface area contributed by atoms with Crippen LogP contribution in [0.5, 0.6) is 0 Å². The molecule has 0 aliphatic rings. The second-order valence-electron chi connectivity index (χ2n) is 4.54. The summed E-state index contributed by atoms with van der Waals surface area (Å²) in [6.07, 6.45) is 1.40. The normalized spacial score (nSPS) is 10.4. The fourth-order valence-electron chi connectivity index (χ4n) is 1.96. The first kappa shape index (κ1) is 15.3. The van der Waals surface area contributed by atoms with Crippen molar-refractivity contribution in [1.82, 2.24) is 9.88 Å². The van der Waals surface area contributed by atoms with Gasteiger partial charge in [0.2, 0.25) is 0 Å². The quantitative estimate of drug-likeness (QED) is 0.828. The van der Waals surface area contributed by atoms with Crippen molar-refractivity contribution in [1.29, 1.82) is 0 Å². The Kier molecular flexibility index (Phi) is 5.14. The molecule has 0 atom stereocenters. The molecule has 0 aliphatic heterocycles. The van der Waals surface area contributed by atoms with Crippen LogP contribution in [0.25, 0.3) is 0 Å². The van der Waals surface area contributed by atoms with Gasteiger partial charge in [-0.25, -0.2) is 4.98 Å². The van der Waals surface area contributed by atoms with Crippen LogP contribution in [0.15, 0.2) is 42.6 Å². The molecule has 1 amide bonds. The lowest BCUT2D eigenvalue weighted by atomic mass is 10.2. The zero-order valence-corrected chi connectivity index (χ0v) is 12.1. The maximum Gasteiger partial charge on any atom is 0.257 e. The molecule has 0 saturated carbocycles. The number of nitrogens with zero attached hydrogens (tertiary/aromatic N) is 2. The topological polar surface area (TPSA) is 79.5 Å². The van der Waals surface area contributed by atoms with E-state index in [4.69, 9.17) is 22.4 Å². The van der Waals surface area contributed by atoms with Gasteiger partial charge in [0.05, 0.1) is 24.1 Å². The van der Waals surface area contributed by atoms with Crippen molar-refractivity contribution >= 4 is 23.2 Å². The molecule has 5 nitrogen and oxygen atoms in total. The van der Waals surface area contributed by atoms with Crippen LogP contribution < -0.4 is 5.73 Å². The molecule has 0 unspecified atom stereocenters. The van der Waals surface area contributed by atoms with Crippen LogP contribution >= 0.6 is 11.6 Å². The number of carbonyl (C=O) groups is 1. The number of aliphatic hydroxyl groups is 1. The monoisotopic (exact) mass is 305 g/mol. The predicted octanol–water partition coefficient (Wildman–Crippen LogP) is 1.95. The molecule has 0 bridgehead atoms. The Balaban J connectivity index is 2.25. The largest absolute Gasteiger partial charge is 0.397 e. The van der Waals surface area contributed by atoms with Gasteiger partial charge in [-0.05, 0) is 11.6 Å². The summed E-state index contributed by atoms with van der Waals surface area (Å²) in [7, 11) is 0. The van der Waals surface area contributed by atoms with Crippen LogP contribution in [0.2, 0.25) is 5.15 Å². The fourth-order valence-corrected chi connectivity index (χ4v) is 2.15. The number of aromatic nitrogens is 1. The van der Waals surface area contributed by atoms with E-state index in [-0.39, 0.29) is 29.8 Å². The van der Waals surface area contributed by atoms with E-state index in [1.54, 1.807) is 0 Å². The molecular formula is C15H16ClN3O2. The number of benzene rings is 1. The average molecular weight is 306 g/mol. The van der Waals surface area contributed by atoms with E-state index in [1.807, 2.05) is 30.3 Å². The summed E-state index contributed by atoms with van der Waals surface area (Å²) in [5.74, 6) is -0.308. The number of aliphatic hydroxyl groups excluding tert-OH is 1. The van der Waals surface area contributed by atoms with Gasteiger partial charge in [-0.2, -0.15) is 0 Å². The van der Waals surface area contributed by atoms with E-state index in [0.29, 0.717) is 12.2 Å². The molecule has 1 aromatic heterocycles. The molecule has 6 heteroatoms. The second-order valence-corrected chi connectivity index (χ2v) is 4.90. The third-order valence-electron chi connectivity index (χ3n) is 2.96. The molecule has 2 rings (SSSR count). The summed E-state index contributed by atoms with van der Waals surface area (Å²) in [6, 6.07) is 11.0. The first-order valence-electron chi connectivity index (χ1n) is 6.47. The zero-order chi connectivity index (χ0) is 15.2. The first-order chi connectivity index (χ1) is 10.1. The molecule has 3 N–H and O–H groups in total. The average Bonchev–Trinajstić information content (AvgIpc) is 2.49. The standard InChI is InChI=1S/C15H16ClN3O2/c16-14-13(8-12(17)9-18-14)15(21)19(6-7-20)10-11-4-2-1-3-5-11/h1-5,8-9,20H,6-7,10,17H2. The fraction of sp³-hybridized carbons (Fsp3) is 0.200. The molecule has 0 fully saturated rings. The Labute approximate surface area is 128 Å². The number of rotatable bonds is 5. The van der Waals surface area contributed by atoms with E-state index in [2.05, 4.69) is 4.98 Å². The van der Waals surface area contributed by atoms with Crippen molar-refractivity contribution in [3.8, 4) is 0 Å². The molecule has 21 heavy (non-hydrogen) atoms. The van der Waals surface area contributed by atoms with Crippen LogP contribution in [0.1, 0.15) is 15.9 Å². The van der Waals surface area contributed by atoms with E-state index in [0.717, 1.165) is 5.56 Å². The molecule has 0 aliphatic carbocycles. The Bertz CT molecular complexity index is 620. The molecule has 1 heterocycles. The van der Waals surface area contributed by atoms with Crippen LogP contribution in [-0.4, -0.2) is 34.0 Å². The number of anilines is 1. The number of hydrogen-bond acceptors (Lipinski definition) is 4. The number of halogens is 1. The summed E-state index contributed by atoms with van der Waals surface area (Å²) in [5.41, 5.74) is 7.22. The third-order valence-corrected chi connectivity index (χ3v) is 3.27. The maximum atomic E-state index is 12.5. The number of amides is 1. The van der Waals surface area contributed by atoms with Gasteiger partial charge in [0.25, 0.3) is 5.91 Å². The molecule has 0 saturated heterocycles. The molecule has 2 aromatic rings. The van der Waals surface area contributed by atoms with Crippen LogP contribution in [0, 0.1) is 0 Å². The Morgan fingerprint density at radius 3 is 2.71 bits per heavy atom. The predicted molar refractivity (Wildman–Crippen MR) is 81.9 cm³/mol. The number of nitrogen functional groups attached to an aromatic ring is 1. The summed E-state index contributed by atoms with van der Waals surface area (Å²) in [6.45, 7) is 0.455. The van der Waals surface area contributed by atoms with Crippen molar-refractivity contribution in [2.24, 2.45) is 0 Å². The number of carbonyl (C=O) groups excluding carboxylic acids is 1. The zero-order valence-electron chi connectivity index (χ0n) is 11.4. The SMILES string of the molecule is Nc1cnc(Cl)c(C(=O)N(CCO)Cc2ccccc2)c1. The molecular weight excluding hydrogens is 290 g/mol. The van der Waals surface area contributed by atoms with Gasteiger partial charge in [-0.15, -0.1) is 0 Å². The van der Waals surface area contributed by atoms with Gasteiger partial charge in [0.15, 0.2) is 0 Å². The lowest BCUT2D eigenvalue weighted by Crippen LogP contribution is -2.33. The van der Waals surface area contributed by atoms with Crippen molar-refractivity contribution in [3.63, 3.8) is 0 Å². The maximum absolute atomic E-state index is 12.5. The first-order valence-corrected chi connectivity index (χ1v) is 6.84. The van der Waals surface area contributed by atoms with Crippen molar-refractivity contribution in [3.05, 3.63) is 58.9 Å². The van der Waals surface area contributed by atoms with Gasteiger partial charge in [-0.3, -0.25) is 4.79 Å². The van der Waals surface area contributed by atoms with Gasteiger partial charge in [-0.1, -0.05) is 41.9 Å². The van der Waals surface area contributed by atoms with Crippen molar-refractivity contribution in [2.45, 2.75) is 6.54 Å². The smallest absolute Gasteiger partial charge is 0.257 e. The number of pyridine rings is 1. The van der Waals surface area contributed by atoms with Crippen LogP contribution in [-0.2, 0) is 6.54 Å². The van der Waals surface area contributed by atoms with E-state index >= 15 is 0 Å². The van der Waals surface area contributed by atoms with Gasteiger partial charge < -0.3 is 15.7 Å².